The van der Waals surface area contributed by atoms with Crippen LogP contribution in [-0.2, 0) is 4.79 Å². The van der Waals surface area contributed by atoms with Gasteiger partial charge in [-0.25, -0.2) is 0 Å². The number of aliphatic imine (C=N–C) groups is 2. The number of amidine groups is 1. The molecule has 1 saturated heterocycles. The molecule has 0 bridgehead atoms. The summed E-state index contributed by atoms with van der Waals surface area (Å²) >= 11 is 1.81. The molecule has 0 amide bonds. The number of thioether (sulfide) groups is 1. The number of hydrogen-bond acceptors (Lipinski definition) is 6. The number of carbonyl (C=O) groups is 1. The molecule has 3 atom stereocenters. The maximum atomic E-state index is 11.6. The number of rotatable bonds is 4. The fourth-order valence-corrected chi connectivity index (χ4v) is 4.69. The van der Waals surface area contributed by atoms with Gasteiger partial charge < -0.3 is 10.2 Å². The zero-order valence-electron chi connectivity index (χ0n) is 17.0. The maximum Gasteiger partial charge on any atom is 0.160 e. The third-order valence-corrected chi connectivity index (χ3v) is 6.86. The van der Waals surface area contributed by atoms with Crippen molar-refractivity contribution in [2.75, 3.05) is 26.7 Å². The Morgan fingerprint density at radius 2 is 2.07 bits per heavy atom. The van der Waals surface area contributed by atoms with Crippen LogP contribution >= 0.6 is 11.8 Å². The highest BCUT2D eigenvalue weighted by Gasteiger charge is 2.37. The quantitative estimate of drug-likeness (QED) is 0.798. The number of hydrogen-bond donors (Lipinski definition) is 1. The first-order chi connectivity index (χ1) is 13.0. The Bertz CT molecular complexity index is 598. The predicted molar refractivity (Wildman–Crippen MR) is 116 cm³/mol. The third-order valence-electron chi connectivity index (χ3n) is 5.55. The van der Waals surface area contributed by atoms with E-state index in [9.17, 15) is 4.79 Å². The second kappa shape index (κ2) is 9.87. The van der Waals surface area contributed by atoms with E-state index in [1.807, 2.05) is 18.0 Å². The molecule has 4 aliphatic rings. The summed E-state index contributed by atoms with van der Waals surface area (Å²) < 4.78 is 0. The summed E-state index contributed by atoms with van der Waals surface area (Å²) in [6.07, 6.45) is 11.2. The zero-order chi connectivity index (χ0) is 19.2. The van der Waals surface area contributed by atoms with Gasteiger partial charge in [0.1, 0.15) is 11.8 Å². The molecule has 0 aromatic carbocycles. The van der Waals surface area contributed by atoms with Gasteiger partial charge in [0, 0.05) is 31.9 Å². The molecule has 1 aliphatic carbocycles. The summed E-state index contributed by atoms with van der Waals surface area (Å²) in [6, 6.07) is 0.144. The Kier molecular flexibility index (Phi) is 7.53. The van der Waals surface area contributed by atoms with Crippen LogP contribution in [0.3, 0.4) is 0 Å². The molecule has 1 saturated carbocycles. The van der Waals surface area contributed by atoms with E-state index in [1.165, 1.54) is 38.8 Å². The van der Waals surface area contributed by atoms with E-state index in [1.54, 1.807) is 0 Å². The summed E-state index contributed by atoms with van der Waals surface area (Å²) in [7, 11) is 2.11. The van der Waals surface area contributed by atoms with E-state index in [2.05, 4.69) is 42.2 Å². The SMILES string of the molecule is C1CCNCC1.CC(C)CCN(C)C1=NC2C=NC(C3CCC3=O)=CC2S1. The molecule has 0 radical (unpaired) electrons. The highest BCUT2D eigenvalue weighted by atomic mass is 32.2. The highest BCUT2D eigenvalue weighted by Crippen LogP contribution is 2.37. The van der Waals surface area contributed by atoms with Crippen LogP contribution in [0.1, 0.15) is 52.4 Å². The molecule has 6 heteroatoms. The van der Waals surface area contributed by atoms with Crippen LogP contribution in [0.2, 0.25) is 0 Å². The molecule has 0 aromatic rings. The Hall–Kier alpha value is -1.14. The summed E-state index contributed by atoms with van der Waals surface area (Å²) in [5.41, 5.74) is 0.973. The summed E-state index contributed by atoms with van der Waals surface area (Å²) in [6.45, 7) is 8.03. The second-order valence-corrected chi connectivity index (χ2v) is 9.47. The van der Waals surface area contributed by atoms with Gasteiger partial charge in [0.15, 0.2) is 5.17 Å². The first kappa shape index (κ1) is 20.6. The van der Waals surface area contributed by atoms with Crippen LogP contribution in [0.5, 0.6) is 0 Å². The number of ketones is 1. The Labute approximate surface area is 168 Å². The van der Waals surface area contributed by atoms with Gasteiger partial charge in [-0.15, -0.1) is 0 Å². The van der Waals surface area contributed by atoms with E-state index in [4.69, 9.17) is 4.99 Å². The third kappa shape index (κ3) is 5.67. The van der Waals surface area contributed by atoms with Gasteiger partial charge in [-0.3, -0.25) is 14.8 Å². The summed E-state index contributed by atoms with van der Waals surface area (Å²) in [5.74, 6) is 1.11. The number of Topliss-reactive ketones (excluding diaryl/α,β-unsaturated/α-hetero) is 1. The van der Waals surface area contributed by atoms with Crippen LogP contribution in [0.25, 0.3) is 0 Å². The maximum absolute atomic E-state index is 11.6. The van der Waals surface area contributed by atoms with Crippen LogP contribution in [0, 0.1) is 11.8 Å². The molecule has 3 unspecified atom stereocenters. The predicted octanol–water partition coefficient (Wildman–Crippen LogP) is 3.51. The number of fused-ring (bicyclic) bond motifs is 1. The summed E-state index contributed by atoms with van der Waals surface area (Å²) in [5, 5.41) is 4.71. The average Bonchev–Trinajstić information content (AvgIpc) is 3.10. The molecule has 1 N–H and O–H groups in total. The van der Waals surface area contributed by atoms with Crippen LogP contribution in [0.4, 0.5) is 0 Å². The standard InChI is InChI=1S/C16H23N3OS.C5H11N/c1-10(2)6-7-19(3)16-18-13-9-17-12(8-15(13)21-16)11-4-5-14(11)20;1-2-4-6-5-3-1/h8-11,13,15H,4-7H2,1-3H3;6H,1-5H2. The Balaban J connectivity index is 0.000000299. The Morgan fingerprint density at radius 1 is 1.30 bits per heavy atom. The molecule has 150 valence electrons. The zero-order valence-corrected chi connectivity index (χ0v) is 17.8. The smallest absolute Gasteiger partial charge is 0.160 e. The van der Waals surface area contributed by atoms with E-state index < -0.39 is 0 Å². The second-order valence-electron chi connectivity index (χ2n) is 8.33. The van der Waals surface area contributed by atoms with Crippen LogP contribution < -0.4 is 5.32 Å². The fraction of sp³-hybridized carbons (Fsp3) is 0.762. The van der Waals surface area contributed by atoms with Gasteiger partial charge in [-0.05, 0) is 50.8 Å². The van der Waals surface area contributed by atoms with E-state index >= 15 is 0 Å². The molecular formula is C21H34N4OS. The van der Waals surface area contributed by atoms with Gasteiger partial charge in [0.25, 0.3) is 0 Å². The van der Waals surface area contributed by atoms with Crippen molar-refractivity contribution in [1.29, 1.82) is 0 Å². The molecule has 27 heavy (non-hydrogen) atoms. The topological polar surface area (TPSA) is 57.1 Å². The minimum absolute atomic E-state index is 0.0607. The van der Waals surface area contributed by atoms with Gasteiger partial charge in [0.2, 0.25) is 0 Å². The van der Waals surface area contributed by atoms with Crippen molar-refractivity contribution in [3.63, 3.8) is 0 Å². The largest absolute Gasteiger partial charge is 0.355 e. The number of carbonyl (C=O) groups excluding carboxylic acids is 1. The van der Waals surface area contributed by atoms with E-state index in [0.717, 1.165) is 30.3 Å². The molecule has 3 heterocycles. The van der Waals surface area contributed by atoms with Gasteiger partial charge in [-0.1, -0.05) is 32.0 Å². The monoisotopic (exact) mass is 390 g/mol. The van der Waals surface area contributed by atoms with Gasteiger partial charge in [-0.2, -0.15) is 0 Å². The lowest BCUT2D eigenvalue weighted by molar-refractivity contribution is -0.127. The average molecular weight is 391 g/mol. The normalized spacial score (nSPS) is 29.3. The summed E-state index contributed by atoms with van der Waals surface area (Å²) in [4.78, 5) is 23.1. The Morgan fingerprint density at radius 3 is 2.59 bits per heavy atom. The number of nitrogens with one attached hydrogen (secondary N) is 1. The lowest BCUT2D eigenvalue weighted by Gasteiger charge is -2.27. The lowest BCUT2D eigenvalue weighted by atomic mass is 9.80. The molecule has 0 spiro atoms. The first-order valence-electron chi connectivity index (χ1n) is 10.5. The van der Waals surface area contributed by atoms with Gasteiger partial charge >= 0.3 is 0 Å². The first-order valence-corrected chi connectivity index (χ1v) is 11.4. The van der Waals surface area contributed by atoms with E-state index in [0.29, 0.717) is 17.0 Å². The lowest BCUT2D eigenvalue weighted by Crippen LogP contribution is -2.30. The van der Waals surface area contributed by atoms with Crippen molar-refractivity contribution < 1.29 is 4.79 Å². The number of piperidine rings is 1. The fourth-order valence-electron chi connectivity index (χ4n) is 3.51. The number of nitrogens with zero attached hydrogens (tertiary/aromatic N) is 3. The van der Waals surface area contributed by atoms with Crippen molar-refractivity contribution >= 4 is 28.9 Å². The van der Waals surface area contributed by atoms with Gasteiger partial charge in [0.05, 0.1) is 11.2 Å². The van der Waals surface area contributed by atoms with Crippen LogP contribution in [-0.4, -0.2) is 60.0 Å². The van der Waals surface area contributed by atoms with Crippen molar-refractivity contribution in [2.45, 2.75) is 63.7 Å². The molecule has 5 nitrogen and oxygen atoms in total. The molecule has 4 rings (SSSR count). The van der Waals surface area contributed by atoms with Crippen molar-refractivity contribution in [1.82, 2.24) is 10.2 Å². The minimum atomic E-state index is 0.0607. The van der Waals surface area contributed by atoms with Crippen molar-refractivity contribution in [3.05, 3.63) is 11.8 Å². The minimum Gasteiger partial charge on any atom is -0.355 e. The molecule has 0 aromatic heterocycles. The molecule has 2 fully saturated rings. The molecule has 3 aliphatic heterocycles. The van der Waals surface area contributed by atoms with Crippen molar-refractivity contribution in [3.8, 4) is 0 Å². The van der Waals surface area contributed by atoms with E-state index in [-0.39, 0.29) is 12.0 Å². The van der Waals surface area contributed by atoms with Crippen molar-refractivity contribution in [2.24, 2.45) is 21.8 Å². The molecular weight excluding hydrogens is 356 g/mol. The number of allylic oxidation sites excluding steroid dienone is 1. The van der Waals surface area contributed by atoms with Crippen LogP contribution in [0.15, 0.2) is 21.8 Å². The highest BCUT2D eigenvalue weighted by molar-refractivity contribution is 8.14.